The lowest BCUT2D eigenvalue weighted by atomic mass is 10.0. The molecule has 0 spiro atoms. The second kappa shape index (κ2) is 5.54. The highest BCUT2D eigenvalue weighted by molar-refractivity contribution is 6.32. The number of phenolic OH excluding ortho intramolecular Hbond substituents is 1. The van der Waals surface area contributed by atoms with Crippen LogP contribution in [0.25, 0.3) is 28.2 Å². The van der Waals surface area contributed by atoms with Gasteiger partial charge in [0.15, 0.2) is 11.5 Å². The molecule has 0 saturated carbocycles. The van der Waals surface area contributed by atoms with Crippen molar-refractivity contribution in [3.05, 3.63) is 65.9 Å². The van der Waals surface area contributed by atoms with E-state index in [0.29, 0.717) is 11.5 Å². The van der Waals surface area contributed by atoms with E-state index in [0.717, 1.165) is 22.5 Å². The number of fused-ring (bicyclic) bond motifs is 1. The predicted octanol–water partition coefficient (Wildman–Crippen LogP) is 4.00. The fourth-order valence-electron chi connectivity index (χ4n) is 2.74. The maximum atomic E-state index is 9.71. The van der Waals surface area contributed by atoms with Gasteiger partial charge in [-0.25, -0.2) is 9.97 Å². The molecule has 2 aromatic heterocycles. The molecule has 0 radical (unpaired) electrons. The van der Waals surface area contributed by atoms with Gasteiger partial charge >= 0.3 is 0 Å². The number of rotatable bonds is 2. The first-order chi connectivity index (χ1) is 11.6. The van der Waals surface area contributed by atoms with Crippen LogP contribution in [0.1, 0.15) is 0 Å². The molecule has 6 heteroatoms. The molecule has 5 nitrogen and oxygen atoms in total. The molecule has 0 aliphatic heterocycles. The van der Waals surface area contributed by atoms with Gasteiger partial charge in [-0.3, -0.25) is 4.40 Å². The number of imidazole rings is 1. The fraction of sp³-hybridized carbons (Fsp3) is 0. The van der Waals surface area contributed by atoms with Crippen LogP contribution in [0.5, 0.6) is 5.75 Å². The minimum Gasteiger partial charge on any atom is -0.506 e. The zero-order valence-corrected chi connectivity index (χ0v) is 13.3. The SMILES string of the molecule is Nc1nc(-c2ccccc2)c(-c2ccc(O)c(Cl)c2)n2ccnc12. The van der Waals surface area contributed by atoms with E-state index in [4.69, 9.17) is 17.3 Å². The van der Waals surface area contributed by atoms with E-state index in [1.54, 1.807) is 24.4 Å². The van der Waals surface area contributed by atoms with E-state index >= 15 is 0 Å². The van der Waals surface area contributed by atoms with Gasteiger partial charge in [0.2, 0.25) is 0 Å². The molecule has 0 aliphatic rings. The molecule has 24 heavy (non-hydrogen) atoms. The zero-order chi connectivity index (χ0) is 16.7. The lowest BCUT2D eigenvalue weighted by Gasteiger charge is -2.14. The number of nitrogens with two attached hydrogens (primary N) is 1. The van der Waals surface area contributed by atoms with Crippen LogP contribution >= 0.6 is 11.6 Å². The van der Waals surface area contributed by atoms with E-state index in [1.165, 1.54) is 0 Å². The monoisotopic (exact) mass is 336 g/mol. The van der Waals surface area contributed by atoms with Crippen molar-refractivity contribution in [3.8, 4) is 28.3 Å². The van der Waals surface area contributed by atoms with Crippen molar-refractivity contribution in [3.63, 3.8) is 0 Å². The van der Waals surface area contributed by atoms with Gasteiger partial charge < -0.3 is 10.8 Å². The summed E-state index contributed by atoms with van der Waals surface area (Å²) in [6.07, 6.45) is 3.50. The van der Waals surface area contributed by atoms with Gasteiger partial charge in [-0.05, 0) is 18.2 Å². The summed E-state index contributed by atoms with van der Waals surface area (Å²) in [4.78, 5) is 8.83. The smallest absolute Gasteiger partial charge is 0.180 e. The van der Waals surface area contributed by atoms with E-state index in [2.05, 4.69) is 9.97 Å². The van der Waals surface area contributed by atoms with Gasteiger partial charge in [0.05, 0.1) is 16.4 Å². The standard InChI is InChI=1S/C18H13ClN4O/c19-13-10-12(6-7-14(13)24)16-15(11-4-2-1-3-5-11)22-17(20)18-21-8-9-23(16)18/h1-10,24H,(H2,20,22). The quantitative estimate of drug-likeness (QED) is 0.580. The van der Waals surface area contributed by atoms with Gasteiger partial charge in [0.1, 0.15) is 5.75 Å². The first-order valence-electron chi connectivity index (χ1n) is 7.32. The lowest BCUT2D eigenvalue weighted by molar-refractivity contribution is 0.475. The lowest BCUT2D eigenvalue weighted by Crippen LogP contribution is -2.03. The summed E-state index contributed by atoms with van der Waals surface area (Å²) < 4.78 is 1.88. The number of aromatic nitrogens is 3. The third kappa shape index (κ3) is 2.26. The summed E-state index contributed by atoms with van der Waals surface area (Å²) in [5.41, 5.74) is 9.93. The summed E-state index contributed by atoms with van der Waals surface area (Å²) in [5, 5.41) is 9.98. The van der Waals surface area contributed by atoms with Crippen molar-refractivity contribution < 1.29 is 5.11 Å². The number of halogens is 1. The molecule has 0 atom stereocenters. The van der Waals surface area contributed by atoms with E-state index in [-0.39, 0.29) is 10.8 Å². The van der Waals surface area contributed by atoms with Gasteiger partial charge in [-0.1, -0.05) is 41.9 Å². The highest BCUT2D eigenvalue weighted by Gasteiger charge is 2.17. The summed E-state index contributed by atoms with van der Waals surface area (Å²) in [7, 11) is 0. The Kier molecular flexibility index (Phi) is 3.36. The topological polar surface area (TPSA) is 76.4 Å². The second-order valence-electron chi connectivity index (χ2n) is 5.35. The average Bonchev–Trinajstić information content (AvgIpc) is 3.08. The molecular formula is C18H13ClN4O. The van der Waals surface area contributed by atoms with Gasteiger partial charge in [-0.2, -0.15) is 0 Å². The molecule has 0 saturated heterocycles. The molecule has 2 aromatic carbocycles. The van der Waals surface area contributed by atoms with E-state index in [9.17, 15) is 5.11 Å². The van der Waals surface area contributed by atoms with Crippen LogP contribution in [0.15, 0.2) is 60.9 Å². The number of anilines is 1. The minimum atomic E-state index is 0.0342. The van der Waals surface area contributed by atoms with E-state index in [1.807, 2.05) is 40.9 Å². The van der Waals surface area contributed by atoms with Crippen molar-refractivity contribution in [2.75, 3.05) is 5.73 Å². The number of hydrogen-bond donors (Lipinski definition) is 2. The molecule has 0 amide bonds. The van der Waals surface area contributed by atoms with Crippen LogP contribution in [-0.2, 0) is 0 Å². The largest absolute Gasteiger partial charge is 0.506 e. The Morgan fingerprint density at radius 2 is 1.83 bits per heavy atom. The number of hydrogen-bond acceptors (Lipinski definition) is 4. The first kappa shape index (κ1) is 14.5. The first-order valence-corrected chi connectivity index (χ1v) is 7.70. The highest BCUT2D eigenvalue weighted by atomic mass is 35.5. The molecule has 4 rings (SSSR count). The Morgan fingerprint density at radius 3 is 2.58 bits per heavy atom. The maximum Gasteiger partial charge on any atom is 0.180 e. The number of benzene rings is 2. The normalized spacial score (nSPS) is 11.0. The third-order valence-corrected chi connectivity index (χ3v) is 4.14. The third-order valence-electron chi connectivity index (χ3n) is 3.84. The Labute approximate surface area is 143 Å². The van der Waals surface area contributed by atoms with Crippen LogP contribution in [0.4, 0.5) is 5.82 Å². The summed E-state index contributed by atoms with van der Waals surface area (Å²) in [6.45, 7) is 0. The second-order valence-corrected chi connectivity index (χ2v) is 5.75. The minimum absolute atomic E-state index is 0.0342. The molecule has 0 bridgehead atoms. The fourth-order valence-corrected chi connectivity index (χ4v) is 2.92. The zero-order valence-electron chi connectivity index (χ0n) is 12.5. The van der Waals surface area contributed by atoms with Gasteiger partial charge in [0, 0.05) is 23.5 Å². The molecule has 118 valence electrons. The molecular weight excluding hydrogens is 324 g/mol. The number of nitrogens with zero attached hydrogens (tertiary/aromatic N) is 3. The van der Waals surface area contributed by atoms with Crippen LogP contribution < -0.4 is 5.73 Å². The van der Waals surface area contributed by atoms with Crippen molar-refractivity contribution in [1.82, 2.24) is 14.4 Å². The Hall–Kier alpha value is -3.05. The van der Waals surface area contributed by atoms with Crippen molar-refractivity contribution >= 4 is 23.1 Å². The van der Waals surface area contributed by atoms with Crippen LogP contribution in [0.2, 0.25) is 5.02 Å². The Morgan fingerprint density at radius 1 is 1.04 bits per heavy atom. The van der Waals surface area contributed by atoms with Crippen LogP contribution in [0, 0.1) is 0 Å². The maximum absolute atomic E-state index is 9.71. The van der Waals surface area contributed by atoms with Gasteiger partial charge in [-0.15, -0.1) is 0 Å². The number of nitrogen functional groups attached to an aromatic ring is 1. The average molecular weight is 337 g/mol. The van der Waals surface area contributed by atoms with Crippen molar-refractivity contribution in [1.29, 1.82) is 0 Å². The summed E-state index contributed by atoms with van der Waals surface area (Å²) >= 11 is 6.10. The predicted molar refractivity (Wildman–Crippen MR) is 94.9 cm³/mol. The molecule has 0 unspecified atom stereocenters. The number of aromatic hydroxyl groups is 1. The van der Waals surface area contributed by atoms with E-state index < -0.39 is 0 Å². The molecule has 0 aliphatic carbocycles. The van der Waals surface area contributed by atoms with Crippen LogP contribution in [0.3, 0.4) is 0 Å². The molecule has 0 fully saturated rings. The number of phenols is 1. The van der Waals surface area contributed by atoms with Gasteiger partial charge in [0.25, 0.3) is 0 Å². The van der Waals surface area contributed by atoms with Crippen LogP contribution in [-0.4, -0.2) is 19.5 Å². The Balaban J connectivity index is 2.10. The van der Waals surface area contributed by atoms with Crippen molar-refractivity contribution in [2.45, 2.75) is 0 Å². The molecule has 2 heterocycles. The summed E-state index contributed by atoms with van der Waals surface area (Å²) in [5.74, 6) is 0.388. The Bertz CT molecular complexity index is 1040. The summed E-state index contributed by atoms with van der Waals surface area (Å²) in [6, 6.07) is 14.8. The molecule has 4 aromatic rings. The molecule has 3 N–H and O–H groups in total. The van der Waals surface area contributed by atoms with Crippen molar-refractivity contribution in [2.24, 2.45) is 0 Å². The highest BCUT2D eigenvalue weighted by Crippen LogP contribution is 2.36.